The molecule has 2 aromatic rings. The van der Waals surface area contributed by atoms with Gasteiger partial charge in [0.2, 0.25) is 0 Å². The molecule has 0 unspecified atom stereocenters. The normalized spacial score (nSPS) is 11.5. The number of pyridine rings is 1. The minimum absolute atomic E-state index is 0.0108. The molecule has 21 heavy (non-hydrogen) atoms. The van der Waals surface area contributed by atoms with Crippen LogP contribution in [0.3, 0.4) is 0 Å². The molecule has 0 atom stereocenters. The van der Waals surface area contributed by atoms with Crippen molar-refractivity contribution >= 4 is 34.7 Å². The number of halogens is 5. The van der Waals surface area contributed by atoms with E-state index >= 15 is 0 Å². The number of aromatic nitrogens is 1. The number of hydrogen-bond acceptors (Lipinski definition) is 3. The highest BCUT2D eigenvalue weighted by Gasteiger charge is 2.35. The Hall–Kier alpha value is -1.79. The van der Waals surface area contributed by atoms with E-state index in [2.05, 4.69) is 4.98 Å². The third-order valence-corrected chi connectivity index (χ3v) is 3.34. The summed E-state index contributed by atoms with van der Waals surface area (Å²) in [5, 5.41) is -0.0217. The molecule has 0 aliphatic rings. The third kappa shape index (κ3) is 3.11. The van der Waals surface area contributed by atoms with Crippen molar-refractivity contribution in [2.24, 2.45) is 0 Å². The number of carbonyl (C=O) groups is 1. The lowest BCUT2D eigenvalue weighted by atomic mass is 10.00. The number of nitrogens with zero attached hydrogens (tertiary/aromatic N) is 1. The summed E-state index contributed by atoms with van der Waals surface area (Å²) in [6.45, 7) is 0. The monoisotopic (exact) mass is 334 g/mol. The zero-order valence-electron chi connectivity index (χ0n) is 10.2. The average molecular weight is 335 g/mol. The van der Waals surface area contributed by atoms with Gasteiger partial charge in [0.05, 0.1) is 26.9 Å². The molecule has 0 radical (unpaired) electrons. The number of ketones is 1. The van der Waals surface area contributed by atoms with Crippen molar-refractivity contribution in [3.05, 3.63) is 57.3 Å². The molecule has 0 spiro atoms. The van der Waals surface area contributed by atoms with Crippen molar-refractivity contribution in [1.82, 2.24) is 4.98 Å². The van der Waals surface area contributed by atoms with E-state index in [4.69, 9.17) is 28.9 Å². The lowest BCUT2D eigenvalue weighted by molar-refractivity contribution is -0.137. The van der Waals surface area contributed by atoms with Gasteiger partial charge in [-0.2, -0.15) is 13.2 Å². The molecule has 0 amide bonds. The SMILES string of the molecule is Nc1c(Cl)cc(C(=O)c2cnccc2C(F)(F)F)cc1Cl. The van der Waals surface area contributed by atoms with E-state index in [9.17, 15) is 18.0 Å². The van der Waals surface area contributed by atoms with Crippen LogP contribution in [-0.2, 0) is 6.18 Å². The molecule has 1 heterocycles. The third-order valence-electron chi connectivity index (χ3n) is 2.71. The van der Waals surface area contributed by atoms with Gasteiger partial charge in [0, 0.05) is 18.0 Å². The summed E-state index contributed by atoms with van der Waals surface area (Å²) in [6, 6.07) is 3.06. The second-order valence-corrected chi connectivity index (χ2v) is 4.92. The van der Waals surface area contributed by atoms with Crippen LogP contribution in [0.2, 0.25) is 10.0 Å². The number of hydrogen-bond donors (Lipinski definition) is 1. The first kappa shape index (κ1) is 15.6. The van der Waals surface area contributed by atoms with Crippen LogP contribution in [0.15, 0.2) is 30.6 Å². The quantitative estimate of drug-likeness (QED) is 0.660. The lowest BCUT2D eigenvalue weighted by Gasteiger charge is -2.12. The first-order valence-corrected chi connectivity index (χ1v) is 6.28. The molecule has 1 aromatic carbocycles. The highest BCUT2D eigenvalue weighted by Crippen LogP contribution is 2.34. The summed E-state index contributed by atoms with van der Waals surface area (Å²) in [7, 11) is 0. The number of nitrogen functional groups attached to an aromatic ring is 1. The van der Waals surface area contributed by atoms with Crippen LogP contribution in [-0.4, -0.2) is 10.8 Å². The Labute approximate surface area is 127 Å². The molecule has 2 rings (SSSR count). The molecule has 0 bridgehead atoms. The summed E-state index contributed by atoms with van der Waals surface area (Å²) in [6.07, 6.45) is -2.86. The Kier molecular flexibility index (Phi) is 4.11. The minimum Gasteiger partial charge on any atom is -0.396 e. The van der Waals surface area contributed by atoms with Crippen LogP contribution in [0.5, 0.6) is 0 Å². The molecule has 3 nitrogen and oxygen atoms in total. The predicted octanol–water partition coefficient (Wildman–Crippen LogP) is 4.22. The molecule has 110 valence electrons. The van der Waals surface area contributed by atoms with Crippen LogP contribution in [0.1, 0.15) is 21.5 Å². The summed E-state index contributed by atoms with van der Waals surface area (Å²) < 4.78 is 38.7. The largest absolute Gasteiger partial charge is 0.417 e. The first-order chi connectivity index (χ1) is 9.71. The molecule has 0 aliphatic heterocycles. The number of rotatable bonds is 2. The van der Waals surface area contributed by atoms with Crippen molar-refractivity contribution in [1.29, 1.82) is 0 Å². The molecule has 0 aliphatic carbocycles. The van der Waals surface area contributed by atoms with Gasteiger partial charge in [-0.15, -0.1) is 0 Å². The number of alkyl halides is 3. The maximum atomic E-state index is 12.9. The number of anilines is 1. The van der Waals surface area contributed by atoms with Crippen LogP contribution < -0.4 is 5.73 Å². The van der Waals surface area contributed by atoms with Crippen molar-refractivity contribution in [3.63, 3.8) is 0 Å². The predicted molar refractivity (Wildman–Crippen MR) is 73.5 cm³/mol. The lowest BCUT2D eigenvalue weighted by Crippen LogP contribution is -2.14. The smallest absolute Gasteiger partial charge is 0.396 e. The van der Waals surface area contributed by atoms with Crippen molar-refractivity contribution < 1.29 is 18.0 Å². The molecular weight excluding hydrogens is 328 g/mol. The van der Waals surface area contributed by atoms with E-state index in [0.29, 0.717) is 0 Å². The molecular formula is C13H7Cl2F3N2O. The van der Waals surface area contributed by atoms with Crippen molar-refractivity contribution in [3.8, 4) is 0 Å². The second kappa shape index (κ2) is 5.54. The zero-order chi connectivity index (χ0) is 15.8. The fraction of sp³-hybridized carbons (Fsp3) is 0.0769. The summed E-state index contributed by atoms with van der Waals surface area (Å²) in [4.78, 5) is 15.8. The Bertz CT molecular complexity index is 694. The maximum Gasteiger partial charge on any atom is 0.417 e. The fourth-order valence-corrected chi connectivity index (χ4v) is 2.18. The molecule has 1 aromatic heterocycles. The van der Waals surface area contributed by atoms with Gasteiger partial charge in [-0.3, -0.25) is 9.78 Å². The fourth-order valence-electron chi connectivity index (χ4n) is 1.69. The highest BCUT2D eigenvalue weighted by atomic mass is 35.5. The van der Waals surface area contributed by atoms with Gasteiger partial charge in [0.15, 0.2) is 5.78 Å². The molecule has 0 saturated carbocycles. The molecule has 0 fully saturated rings. The van der Waals surface area contributed by atoms with E-state index in [1.807, 2.05) is 0 Å². The zero-order valence-corrected chi connectivity index (χ0v) is 11.7. The Balaban J connectivity index is 2.56. The van der Waals surface area contributed by atoms with Gasteiger partial charge in [0.25, 0.3) is 0 Å². The topological polar surface area (TPSA) is 56.0 Å². The minimum atomic E-state index is -4.67. The second-order valence-electron chi connectivity index (χ2n) is 4.10. The Morgan fingerprint density at radius 1 is 1.19 bits per heavy atom. The summed E-state index contributed by atoms with van der Waals surface area (Å²) in [5.74, 6) is -0.890. The van der Waals surface area contributed by atoms with Gasteiger partial charge < -0.3 is 5.73 Å². The summed E-state index contributed by atoms with van der Waals surface area (Å²) >= 11 is 11.6. The van der Waals surface area contributed by atoms with Crippen LogP contribution in [0.25, 0.3) is 0 Å². The number of carbonyl (C=O) groups excluding carboxylic acids is 1. The molecule has 8 heteroatoms. The van der Waals surface area contributed by atoms with E-state index < -0.39 is 23.1 Å². The van der Waals surface area contributed by atoms with E-state index in [1.165, 1.54) is 0 Å². The van der Waals surface area contributed by atoms with Gasteiger partial charge in [0.1, 0.15) is 0 Å². The standard InChI is InChI=1S/C13H7Cl2F3N2O/c14-9-3-6(4-10(15)11(9)19)12(21)7-5-20-2-1-8(7)13(16,17)18/h1-5H,19H2. The maximum absolute atomic E-state index is 12.9. The Morgan fingerprint density at radius 2 is 1.76 bits per heavy atom. The number of nitrogens with two attached hydrogens (primary N) is 1. The van der Waals surface area contributed by atoms with Gasteiger partial charge in [-0.05, 0) is 18.2 Å². The van der Waals surface area contributed by atoms with Gasteiger partial charge in [-0.1, -0.05) is 23.2 Å². The first-order valence-electron chi connectivity index (χ1n) is 5.52. The molecule has 2 N–H and O–H groups in total. The van der Waals surface area contributed by atoms with E-state index in [0.717, 1.165) is 30.6 Å². The number of benzene rings is 1. The Morgan fingerprint density at radius 3 is 2.29 bits per heavy atom. The van der Waals surface area contributed by atoms with Crippen LogP contribution >= 0.6 is 23.2 Å². The molecule has 0 saturated heterocycles. The summed E-state index contributed by atoms with van der Waals surface area (Å²) in [5.41, 5.74) is 3.82. The van der Waals surface area contributed by atoms with Crippen molar-refractivity contribution in [2.45, 2.75) is 6.18 Å². The average Bonchev–Trinajstić information content (AvgIpc) is 2.42. The van der Waals surface area contributed by atoms with E-state index in [1.54, 1.807) is 0 Å². The van der Waals surface area contributed by atoms with Crippen molar-refractivity contribution in [2.75, 3.05) is 5.73 Å². The van der Waals surface area contributed by atoms with Crippen LogP contribution in [0.4, 0.5) is 18.9 Å². The van der Waals surface area contributed by atoms with E-state index in [-0.39, 0.29) is 21.3 Å². The highest BCUT2D eigenvalue weighted by molar-refractivity contribution is 6.39. The van der Waals surface area contributed by atoms with Crippen LogP contribution in [0, 0.1) is 0 Å². The van der Waals surface area contributed by atoms with Gasteiger partial charge in [-0.25, -0.2) is 0 Å². The van der Waals surface area contributed by atoms with Gasteiger partial charge >= 0.3 is 6.18 Å².